The Hall–Kier alpha value is -2.19. The van der Waals surface area contributed by atoms with Crippen molar-refractivity contribution in [3.8, 4) is 0 Å². The number of H-pyrrole nitrogens is 1. The lowest BCUT2D eigenvalue weighted by atomic mass is 10.2. The monoisotopic (exact) mass is 323 g/mol. The second-order valence-corrected chi connectivity index (χ2v) is 6.77. The van der Waals surface area contributed by atoms with E-state index in [-0.39, 0.29) is 17.1 Å². The predicted molar refractivity (Wildman–Crippen MR) is 82.3 cm³/mol. The molecule has 0 radical (unpaired) electrons. The Bertz CT molecular complexity index is 796. The van der Waals surface area contributed by atoms with Gasteiger partial charge in [0.1, 0.15) is 0 Å². The molecule has 0 aliphatic heterocycles. The number of aryl methyl sites for hydroxylation is 2. The molecule has 2 N–H and O–H groups in total. The third kappa shape index (κ3) is 3.71. The minimum Gasteiger partial charge on any atom is -0.362 e. The fourth-order valence-corrected chi connectivity index (χ4v) is 3.28. The zero-order chi connectivity index (χ0) is 16.3. The molecule has 0 saturated carbocycles. The first-order chi connectivity index (χ1) is 10.3. The number of aromatic amines is 1. The number of rotatable bonds is 6. The van der Waals surface area contributed by atoms with E-state index < -0.39 is 14.9 Å². The van der Waals surface area contributed by atoms with E-state index in [1.807, 2.05) is 19.9 Å². The van der Waals surface area contributed by atoms with Gasteiger partial charge in [-0.2, -0.15) is 0 Å². The Morgan fingerprint density at radius 3 is 2.59 bits per heavy atom. The largest absolute Gasteiger partial charge is 0.362 e. The SMILES string of the molecule is Cc1cc(CCNS(=O)(=O)c2cccc([N+](=O)[O-])c2)c(C)[nH]1. The lowest BCUT2D eigenvalue weighted by molar-refractivity contribution is -0.385. The molecular weight excluding hydrogens is 306 g/mol. The molecule has 7 nitrogen and oxygen atoms in total. The highest BCUT2D eigenvalue weighted by Gasteiger charge is 2.17. The molecule has 118 valence electrons. The number of hydrogen-bond acceptors (Lipinski definition) is 4. The topological polar surface area (TPSA) is 105 Å². The van der Waals surface area contributed by atoms with Crippen molar-refractivity contribution in [2.75, 3.05) is 6.54 Å². The summed E-state index contributed by atoms with van der Waals surface area (Å²) in [6.45, 7) is 4.09. The minimum absolute atomic E-state index is 0.108. The Labute approximate surface area is 128 Å². The molecule has 22 heavy (non-hydrogen) atoms. The van der Waals surface area contributed by atoms with Crippen LogP contribution in [0.4, 0.5) is 5.69 Å². The van der Waals surface area contributed by atoms with E-state index in [9.17, 15) is 18.5 Å². The van der Waals surface area contributed by atoms with Gasteiger partial charge in [-0.3, -0.25) is 10.1 Å². The van der Waals surface area contributed by atoms with Crippen molar-refractivity contribution in [1.82, 2.24) is 9.71 Å². The summed E-state index contributed by atoms with van der Waals surface area (Å²) < 4.78 is 26.8. The highest BCUT2D eigenvalue weighted by Crippen LogP contribution is 2.17. The second kappa shape index (κ2) is 6.29. The van der Waals surface area contributed by atoms with Crippen LogP contribution in [0, 0.1) is 24.0 Å². The molecule has 1 heterocycles. The molecule has 2 rings (SSSR count). The zero-order valence-electron chi connectivity index (χ0n) is 12.3. The number of benzene rings is 1. The van der Waals surface area contributed by atoms with Crippen LogP contribution >= 0.6 is 0 Å². The van der Waals surface area contributed by atoms with E-state index in [1.54, 1.807) is 0 Å². The first kappa shape index (κ1) is 16.2. The Morgan fingerprint density at radius 2 is 2.00 bits per heavy atom. The molecule has 1 aromatic heterocycles. The van der Waals surface area contributed by atoms with Crippen LogP contribution in [0.2, 0.25) is 0 Å². The van der Waals surface area contributed by atoms with Gasteiger partial charge in [-0.25, -0.2) is 13.1 Å². The standard InChI is InChI=1S/C14H17N3O4S/c1-10-8-12(11(2)16-10)6-7-15-22(20,21)14-5-3-4-13(9-14)17(18)19/h3-5,8-9,15-16H,6-7H2,1-2H3. The van der Waals surface area contributed by atoms with Gasteiger partial charge in [0.2, 0.25) is 10.0 Å². The van der Waals surface area contributed by atoms with Gasteiger partial charge >= 0.3 is 0 Å². The quantitative estimate of drug-likeness (QED) is 0.627. The molecule has 0 saturated heterocycles. The summed E-state index contributed by atoms with van der Waals surface area (Å²) in [6.07, 6.45) is 0.546. The summed E-state index contributed by atoms with van der Waals surface area (Å²) in [5.41, 5.74) is 2.82. The van der Waals surface area contributed by atoms with E-state index >= 15 is 0 Å². The second-order valence-electron chi connectivity index (χ2n) is 5.00. The molecule has 0 aliphatic rings. The number of non-ortho nitro benzene ring substituents is 1. The third-order valence-corrected chi connectivity index (χ3v) is 4.74. The van der Waals surface area contributed by atoms with Gasteiger partial charge in [-0.15, -0.1) is 0 Å². The number of sulfonamides is 1. The normalized spacial score (nSPS) is 11.5. The predicted octanol–water partition coefficient (Wildman–Crippen LogP) is 2.06. The first-order valence-corrected chi connectivity index (χ1v) is 8.17. The molecule has 0 bridgehead atoms. The van der Waals surface area contributed by atoms with Crippen LogP contribution in [-0.4, -0.2) is 24.9 Å². The molecule has 0 aliphatic carbocycles. The molecular formula is C14H17N3O4S. The van der Waals surface area contributed by atoms with E-state index in [4.69, 9.17) is 0 Å². The molecule has 0 amide bonds. The van der Waals surface area contributed by atoms with E-state index in [2.05, 4.69) is 9.71 Å². The maximum atomic E-state index is 12.1. The van der Waals surface area contributed by atoms with Crippen molar-refractivity contribution < 1.29 is 13.3 Å². The van der Waals surface area contributed by atoms with Gasteiger partial charge in [0.05, 0.1) is 9.82 Å². The summed E-state index contributed by atoms with van der Waals surface area (Å²) in [4.78, 5) is 13.1. The number of hydrogen-bond donors (Lipinski definition) is 2. The number of aromatic nitrogens is 1. The summed E-state index contributed by atoms with van der Waals surface area (Å²) >= 11 is 0. The summed E-state index contributed by atoms with van der Waals surface area (Å²) in [6, 6.07) is 6.96. The number of nitro benzene ring substituents is 1. The third-order valence-electron chi connectivity index (χ3n) is 3.28. The van der Waals surface area contributed by atoms with Crippen molar-refractivity contribution in [3.63, 3.8) is 0 Å². The van der Waals surface area contributed by atoms with Crippen LogP contribution in [0.3, 0.4) is 0 Å². The van der Waals surface area contributed by atoms with Crippen molar-refractivity contribution in [2.24, 2.45) is 0 Å². The summed E-state index contributed by atoms with van der Waals surface area (Å²) in [5, 5.41) is 10.7. The van der Waals surface area contributed by atoms with Gasteiger partial charge in [0.15, 0.2) is 0 Å². The smallest absolute Gasteiger partial charge is 0.270 e. The van der Waals surface area contributed by atoms with Crippen LogP contribution in [0.25, 0.3) is 0 Å². The highest BCUT2D eigenvalue weighted by atomic mass is 32.2. The average molecular weight is 323 g/mol. The van der Waals surface area contributed by atoms with E-state index in [0.717, 1.165) is 23.0 Å². The van der Waals surface area contributed by atoms with Gasteiger partial charge in [0.25, 0.3) is 5.69 Å². The molecule has 0 atom stereocenters. The summed E-state index contributed by atoms with van der Waals surface area (Å²) in [5.74, 6) is 0. The number of nitrogens with zero attached hydrogens (tertiary/aromatic N) is 1. The molecule has 0 unspecified atom stereocenters. The lowest BCUT2D eigenvalue weighted by Gasteiger charge is -2.06. The Kier molecular flexibility index (Phi) is 4.62. The van der Waals surface area contributed by atoms with Crippen molar-refractivity contribution in [1.29, 1.82) is 0 Å². The number of nitrogens with one attached hydrogen (secondary N) is 2. The molecule has 0 spiro atoms. The molecule has 0 fully saturated rings. The van der Waals surface area contributed by atoms with Crippen LogP contribution in [0.15, 0.2) is 35.2 Å². The molecule has 1 aromatic carbocycles. The van der Waals surface area contributed by atoms with Gasteiger partial charge in [-0.1, -0.05) is 6.07 Å². The molecule has 2 aromatic rings. The first-order valence-electron chi connectivity index (χ1n) is 6.69. The maximum Gasteiger partial charge on any atom is 0.270 e. The van der Waals surface area contributed by atoms with Crippen LogP contribution in [0.1, 0.15) is 17.0 Å². The van der Waals surface area contributed by atoms with E-state index in [0.29, 0.717) is 6.42 Å². The van der Waals surface area contributed by atoms with Gasteiger partial charge < -0.3 is 4.98 Å². The minimum atomic E-state index is -3.76. The molecule has 8 heteroatoms. The maximum absolute atomic E-state index is 12.1. The average Bonchev–Trinajstić information content (AvgIpc) is 2.77. The fraction of sp³-hybridized carbons (Fsp3) is 0.286. The van der Waals surface area contributed by atoms with Crippen LogP contribution in [-0.2, 0) is 16.4 Å². The van der Waals surface area contributed by atoms with Crippen LogP contribution < -0.4 is 4.72 Å². The summed E-state index contributed by atoms with van der Waals surface area (Å²) in [7, 11) is -3.76. The van der Waals surface area contributed by atoms with Crippen LogP contribution in [0.5, 0.6) is 0 Å². The number of nitro groups is 1. The van der Waals surface area contributed by atoms with Crippen molar-refractivity contribution in [3.05, 3.63) is 57.4 Å². The fourth-order valence-electron chi connectivity index (χ4n) is 2.21. The van der Waals surface area contributed by atoms with Gasteiger partial charge in [-0.05, 0) is 38.0 Å². The van der Waals surface area contributed by atoms with Crippen molar-refractivity contribution in [2.45, 2.75) is 25.2 Å². The highest BCUT2D eigenvalue weighted by molar-refractivity contribution is 7.89. The Balaban J connectivity index is 2.06. The van der Waals surface area contributed by atoms with Gasteiger partial charge in [0, 0.05) is 30.1 Å². The van der Waals surface area contributed by atoms with Crippen molar-refractivity contribution >= 4 is 15.7 Å². The van der Waals surface area contributed by atoms with E-state index in [1.165, 1.54) is 18.2 Å². The zero-order valence-corrected chi connectivity index (χ0v) is 13.1. The Morgan fingerprint density at radius 1 is 1.27 bits per heavy atom. The lowest BCUT2D eigenvalue weighted by Crippen LogP contribution is -2.26.